The second kappa shape index (κ2) is 7.40. The number of nitrogens with zero attached hydrogens (tertiary/aromatic N) is 1. The molecule has 0 spiro atoms. The second-order valence-corrected chi connectivity index (χ2v) is 5.94. The maximum absolute atomic E-state index is 12.4. The Balaban J connectivity index is 1.91. The predicted molar refractivity (Wildman–Crippen MR) is 80.0 cm³/mol. The lowest BCUT2D eigenvalue weighted by atomic mass is 9.96. The average molecular weight is 304 g/mol. The molecule has 0 radical (unpaired) electrons. The predicted octanol–water partition coefficient (Wildman–Crippen LogP) is 1.21. The van der Waals surface area contributed by atoms with E-state index in [1.807, 2.05) is 26.0 Å². The summed E-state index contributed by atoms with van der Waals surface area (Å²) in [6.07, 6.45) is 1.11. The zero-order chi connectivity index (χ0) is 16.1. The fourth-order valence-corrected chi connectivity index (χ4v) is 2.51. The molecule has 0 N–H and O–H groups in total. The summed E-state index contributed by atoms with van der Waals surface area (Å²) in [5.41, 5.74) is 1.65. The van der Waals surface area contributed by atoms with E-state index in [2.05, 4.69) is 0 Å². The number of ether oxygens (including phenoxy) is 1. The van der Waals surface area contributed by atoms with E-state index in [0.29, 0.717) is 38.1 Å². The number of piperidine rings is 1. The Hall–Kier alpha value is -1.88. The summed E-state index contributed by atoms with van der Waals surface area (Å²) in [7, 11) is 0. The van der Waals surface area contributed by atoms with Gasteiger partial charge in [0, 0.05) is 30.5 Å². The number of carbonyl (C=O) groups excluding carboxylic acids is 2. The molecule has 0 saturated carbocycles. The number of amides is 1. The van der Waals surface area contributed by atoms with Crippen LogP contribution in [0.5, 0.6) is 0 Å². The van der Waals surface area contributed by atoms with Gasteiger partial charge in [0.2, 0.25) is 0 Å². The van der Waals surface area contributed by atoms with Crippen LogP contribution in [0.4, 0.5) is 0 Å². The standard InChI is InChI=1S/C17H23NO4/c1-12(2)22-11-13-3-5-14(6-4-13)16(19)18-9-7-15(8-10-18)17(20)21/h3-6,12,15H,7-11H2,1-2H3,(H,20,21)/p-1. The number of rotatable bonds is 5. The topological polar surface area (TPSA) is 69.7 Å². The van der Waals surface area contributed by atoms with E-state index in [4.69, 9.17) is 4.74 Å². The van der Waals surface area contributed by atoms with Gasteiger partial charge in [-0.15, -0.1) is 0 Å². The molecule has 1 aromatic carbocycles. The van der Waals surface area contributed by atoms with Crippen LogP contribution in [0.15, 0.2) is 24.3 Å². The molecule has 1 heterocycles. The smallest absolute Gasteiger partial charge is 0.253 e. The van der Waals surface area contributed by atoms with Crippen LogP contribution in [0.2, 0.25) is 0 Å². The Bertz CT molecular complexity index is 516. The van der Waals surface area contributed by atoms with Crippen molar-refractivity contribution >= 4 is 11.9 Å². The van der Waals surface area contributed by atoms with E-state index in [9.17, 15) is 14.7 Å². The van der Waals surface area contributed by atoms with Crippen molar-refractivity contribution in [1.82, 2.24) is 4.90 Å². The largest absolute Gasteiger partial charge is 0.550 e. The third-order valence-corrected chi connectivity index (χ3v) is 3.90. The first-order chi connectivity index (χ1) is 10.5. The van der Waals surface area contributed by atoms with Crippen LogP contribution in [-0.4, -0.2) is 36.0 Å². The van der Waals surface area contributed by atoms with Gasteiger partial charge in [-0.3, -0.25) is 4.79 Å². The molecule has 120 valence electrons. The molecule has 0 unspecified atom stereocenters. The molecular weight excluding hydrogens is 282 g/mol. The minimum absolute atomic E-state index is 0.0480. The van der Waals surface area contributed by atoms with Crippen LogP contribution in [0.1, 0.15) is 42.6 Å². The average Bonchev–Trinajstić information content (AvgIpc) is 2.53. The van der Waals surface area contributed by atoms with Gasteiger partial charge in [-0.05, 0) is 44.4 Å². The molecule has 2 rings (SSSR count). The maximum Gasteiger partial charge on any atom is 0.253 e. The molecule has 1 aromatic rings. The lowest BCUT2D eigenvalue weighted by molar-refractivity contribution is -0.312. The summed E-state index contributed by atoms with van der Waals surface area (Å²) in [6, 6.07) is 7.38. The first-order valence-corrected chi connectivity index (χ1v) is 7.68. The molecule has 0 atom stereocenters. The molecule has 22 heavy (non-hydrogen) atoms. The number of carboxylic acids is 1. The Morgan fingerprint density at radius 2 is 1.82 bits per heavy atom. The molecule has 0 aromatic heterocycles. The first kappa shape index (κ1) is 16.5. The molecule has 0 bridgehead atoms. The number of benzene rings is 1. The van der Waals surface area contributed by atoms with Crippen LogP contribution in [0, 0.1) is 5.92 Å². The summed E-state index contributed by atoms with van der Waals surface area (Å²) in [5.74, 6) is -1.49. The van der Waals surface area contributed by atoms with Gasteiger partial charge < -0.3 is 19.5 Å². The number of likely N-dealkylation sites (tertiary alicyclic amines) is 1. The fraction of sp³-hybridized carbons (Fsp3) is 0.529. The highest BCUT2D eigenvalue weighted by atomic mass is 16.5. The van der Waals surface area contributed by atoms with Gasteiger partial charge in [0.1, 0.15) is 0 Å². The Kier molecular flexibility index (Phi) is 5.55. The Morgan fingerprint density at radius 1 is 1.23 bits per heavy atom. The highest BCUT2D eigenvalue weighted by Gasteiger charge is 2.24. The van der Waals surface area contributed by atoms with E-state index in [1.165, 1.54) is 0 Å². The molecule has 1 amide bonds. The number of hydrogen-bond acceptors (Lipinski definition) is 4. The SMILES string of the molecule is CC(C)OCc1ccc(C(=O)N2CCC(C(=O)[O-])CC2)cc1. The monoisotopic (exact) mass is 304 g/mol. The summed E-state index contributed by atoms with van der Waals surface area (Å²) in [6.45, 7) is 5.43. The summed E-state index contributed by atoms with van der Waals surface area (Å²) < 4.78 is 5.52. The van der Waals surface area contributed by atoms with Crippen LogP contribution in [0.25, 0.3) is 0 Å². The maximum atomic E-state index is 12.4. The molecule has 0 aliphatic carbocycles. The van der Waals surface area contributed by atoms with Gasteiger partial charge in [0.15, 0.2) is 0 Å². The highest BCUT2D eigenvalue weighted by Crippen LogP contribution is 2.19. The Labute approximate surface area is 130 Å². The van der Waals surface area contributed by atoms with Crippen molar-refractivity contribution in [2.45, 2.75) is 39.4 Å². The van der Waals surface area contributed by atoms with Crippen LogP contribution in [-0.2, 0) is 16.1 Å². The van der Waals surface area contributed by atoms with E-state index in [0.717, 1.165) is 5.56 Å². The van der Waals surface area contributed by atoms with E-state index in [1.54, 1.807) is 17.0 Å². The zero-order valence-corrected chi connectivity index (χ0v) is 13.1. The second-order valence-electron chi connectivity index (χ2n) is 5.94. The van der Waals surface area contributed by atoms with Gasteiger partial charge in [-0.25, -0.2) is 0 Å². The van der Waals surface area contributed by atoms with Gasteiger partial charge in [0.25, 0.3) is 5.91 Å². The van der Waals surface area contributed by atoms with E-state index in [-0.39, 0.29) is 12.0 Å². The third-order valence-electron chi connectivity index (χ3n) is 3.90. The van der Waals surface area contributed by atoms with E-state index < -0.39 is 11.9 Å². The minimum atomic E-state index is -1.01. The minimum Gasteiger partial charge on any atom is -0.550 e. The summed E-state index contributed by atoms with van der Waals surface area (Å²) >= 11 is 0. The molecule has 1 saturated heterocycles. The normalized spacial score (nSPS) is 16.0. The number of carbonyl (C=O) groups is 2. The number of aliphatic carboxylic acids is 1. The van der Waals surface area contributed by atoms with Crippen molar-refractivity contribution in [1.29, 1.82) is 0 Å². The van der Waals surface area contributed by atoms with Crippen LogP contribution < -0.4 is 5.11 Å². The molecule has 1 aliphatic heterocycles. The summed E-state index contributed by atoms with van der Waals surface area (Å²) in [5, 5.41) is 10.8. The van der Waals surface area contributed by atoms with Crippen LogP contribution in [0.3, 0.4) is 0 Å². The molecular formula is C17H22NO4-. The van der Waals surface area contributed by atoms with Crippen molar-refractivity contribution in [3.63, 3.8) is 0 Å². The first-order valence-electron chi connectivity index (χ1n) is 7.68. The fourth-order valence-electron chi connectivity index (χ4n) is 2.51. The van der Waals surface area contributed by atoms with Crippen molar-refractivity contribution in [2.24, 2.45) is 5.92 Å². The lowest BCUT2D eigenvalue weighted by Crippen LogP contribution is -2.43. The highest BCUT2D eigenvalue weighted by molar-refractivity contribution is 5.94. The van der Waals surface area contributed by atoms with Crippen molar-refractivity contribution in [3.05, 3.63) is 35.4 Å². The van der Waals surface area contributed by atoms with Crippen LogP contribution >= 0.6 is 0 Å². The molecule has 5 nitrogen and oxygen atoms in total. The number of hydrogen-bond donors (Lipinski definition) is 0. The van der Waals surface area contributed by atoms with Gasteiger partial charge in [-0.2, -0.15) is 0 Å². The molecule has 5 heteroatoms. The summed E-state index contributed by atoms with van der Waals surface area (Å²) in [4.78, 5) is 24.9. The molecule has 1 fully saturated rings. The third kappa shape index (κ3) is 4.31. The zero-order valence-electron chi connectivity index (χ0n) is 13.1. The molecule has 1 aliphatic rings. The van der Waals surface area contributed by atoms with Gasteiger partial charge in [0.05, 0.1) is 12.7 Å². The van der Waals surface area contributed by atoms with Gasteiger partial charge in [-0.1, -0.05) is 12.1 Å². The lowest BCUT2D eigenvalue weighted by Gasteiger charge is -2.32. The van der Waals surface area contributed by atoms with Gasteiger partial charge >= 0.3 is 0 Å². The quantitative estimate of drug-likeness (QED) is 0.820. The number of carboxylic acid groups (broad SMARTS) is 1. The van der Waals surface area contributed by atoms with Crippen molar-refractivity contribution in [2.75, 3.05) is 13.1 Å². The Morgan fingerprint density at radius 3 is 2.32 bits per heavy atom. The van der Waals surface area contributed by atoms with E-state index >= 15 is 0 Å². The van der Waals surface area contributed by atoms with Crippen molar-refractivity contribution < 1.29 is 19.4 Å². The van der Waals surface area contributed by atoms with Crippen molar-refractivity contribution in [3.8, 4) is 0 Å².